The second kappa shape index (κ2) is 10.1. The number of carbonyl (C=O) groups is 2. The quantitative estimate of drug-likeness (QED) is 0.681. The van der Waals surface area contributed by atoms with E-state index in [9.17, 15) is 9.59 Å². The Balaban J connectivity index is 1.73. The predicted octanol–water partition coefficient (Wildman–Crippen LogP) is 4.20. The zero-order chi connectivity index (χ0) is 21.5. The molecular weight excluding hydrogens is 398 g/mol. The third-order valence-corrected chi connectivity index (χ3v) is 5.39. The highest BCUT2D eigenvalue weighted by atomic mass is 32.2. The van der Waals surface area contributed by atoms with Crippen LogP contribution in [0.1, 0.15) is 31.0 Å². The van der Waals surface area contributed by atoms with E-state index >= 15 is 0 Å². The van der Waals surface area contributed by atoms with Crippen molar-refractivity contribution in [3.63, 3.8) is 0 Å². The number of aliphatic imine (C=N–C) groups is 1. The van der Waals surface area contributed by atoms with Gasteiger partial charge in [0, 0.05) is 11.4 Å². The molecule has 1 heterocycles. The zero-order valence-electron chi connectivity index (χ0n) is 17.3. The van der Waals surface area contributed by atoms with Crippen LogP contribution in [0.3, 0.4) is 0 Å². The molecule has 0 aliphatic carbocycles. The van der Waals surface area contributed by atoms with Gasteiger partial charge in [0.15, 0.2) is 5.17 Å². The Bertz CT molecular complexity index is 969. The first-order chi connectivity index (χ1) is 14.5. The number of nitrogens with one attached hydrogen (secondary N) is 2. The molecule has 0 aromatic heterocycles. The molecule has 1 aliphatic rings. The lowest BCUT2D eigenvalue weighted by molar-refractivity contribution is -0.139. The fourth-order valence-corrected chi connectivity index (χ4v) is 3.78. The largest absolute Gasteiger partial charge is 0.463 e. The van der Waals surface area contributed by atoms with Crippen LogP contribution in [-0.2, 0) is 14.3 Å². The minimum absolute atomic E-state index is 0.123. The van der Waals surface area contributed by atoms with Crippen LogP contribution in [0.15, 0.2) is 70.9 Å². The van der Waals surface area contributed by atoms with Gasteiger partial charge in [-0.1, -0.05) is 59.8 Å². The summed E-state index contributed by atoms with van der Waals surface area (Å²) >= 11 is 1.30. The predicted molar refractivity (Wildman–Crippen MR) is 121 cm³/mol. The van der Waals surface area contributed by atoms with E-state index in [-0.39, 0.29) is 17.6 Å². The lowest BCUT2D eigenvalue weighted by Crippen LogP contribution is -2.31. The van der Waals surface area contributed by atoms with Gasteiger partial charge in [-0.15, -0.1) is 0 Å². The molecule has 2 aromatic rings. The summed E-state index contributed by atoms with van der Waals surface area (Å²) in [6.07, 6.45) is 0. The number of hydrogen-bond donors (Lipinski definition) is 2. The standard InChI is InChI=1S/C23H25N3O3S/c1-4-29-22(28)20-16(3)24-23(26-21(20)17-8-6-5-7-9-17)30-14-19(27)25-18-12-10-15(2)11-13-18/h5-13,21H,4,14H2,1-3H3,(H,24,26)(H,25,27)/t21-/m0/s1. The number of amides is 1. The highest BCUT2D eigenvalue weighted by Crippen LogP contribution is 2.32. The van der Waals surface area contributed by atoms with E-state index in [1.807, 2.05) is 68.4 Å². The van der Waals surface area contributed by atoms with Gasteiger partial charge < -0.3 is 15.4 Å². The number of nitrogens with zero attached hydrogens (tertiary/aromatic N) is 1. The highest BCUT2D eigenvalue weighted by molar-refractivity contribution is 8.14. The second-order valence-electron chi connectivity index (χ2n) is 6.83. The topological polar surface area (TPSA) is 79.8 Å². The molecule has 0 fully saturated rings. The molecule has 0 radical (unpaired) electrons. The van der Waals surface area contributed by atoms with Crippen molar-refractivity contribution in [2.45, 2.75) is 26.8 Å². The minimum atomic E-state index is -0.478. The number of carbonyl (C=O) groups excluding carboxylic acids is 2. The van der Waals surface area contributed by atoms with Crippen LogP contribution in [0.4, 0.5) is 5.69 Å². The highest BCUT2D eigenvalue weighted by Gasteiger charge is 2.30. The molecule has 7 heteroatoms. The van der Waals surface area contributed by atoms with Gasteiger partial charge in [0.2, 0.25) is 5.91 Å². The van der Waals surface area contributed by atoms with Crippen LogP contribution in [0.2, 0.25) is 0 Å². The maximum atomic E-state index is 12.5. The summed E-state index contributed by atoms with van der Waals surface area (Å²) in [5.41, 5.74) is 3.95. The number of ether oxygens (including phenoxy) is 1. The molecule has 2 aromatic carbocycles. The summed E-state index contributed by atoms with van der Waals surface area (Å²) < 4.78 is 5.23. The first kappa shape index (κ1) is 21.6. The summed E-state index contributed by atoms with van der Waals surface area (Å²) in [5, 5.41) is 6.61. The average Bonchev–Trinajstić information content (AvgIpc) is 2.74. The van der Waals surface area contributed by atoms with E-state index in [1.54, 1.807) is 6.92 Å². The van der Waals surface area contributed by atoms with Crippen molar-refractivity contribution in [1.29, 1.82) is 0 Å². The van der Waals surface area contributed by atoms with Crippen LogP contribution < -0.4 is 10.6 Å². The van der Waals surface area contributed by atoms with Crippen LogP contribution >= 0.6 is 11.8 Å². The number of benzene rings is 2. The van der Waals surface area contributed by atoms with Gasteiger partial charge in [0.05, 0.1) is 17.9 Å². The van der Waals surface area contributed by atoms with Crippen molar-refractivity contribution in [2.75, 3.05) is 17.7 Å². The van der Waals surface area contributed by atoms with Gasteiger partial charge in [-0.25, -0.2) is 9.79 Å². The van der Waals surface area contributed by atoms with Gasteiger partial charge in [-0.05, 0) is 38.5 Å². The van der Waals surface area contributed by atoms with Crippen LogP contribution in [0.25, 0.3) is 0 Å². The summed E-state index contributed by atoms with van der Waals surface area (Å²) in [5.74, 6) is -0.313. The Hall–Kier alpha value is -3.06. The third kappa shape index (κ3) is 5.51. The fraction of sp³-hybridized carbons (Fsp3) is 0.261. The molecule has 0 saturated heterocycles. The first-order valence-electron chi connectivity index (χ1n) is 9.75. The number of aryl methyl sites for hydroxylation is 1. The molecule has 0 unspecified atom stereocenters. The van der Waals surface area contributed by atoms with Gasteiger partial charge in [0.1, 0.15) is 6.04 Å². The lowest BCUT2D eigenvalue weighted by atomic mass is 9.97. The monoisotopic (exact) mass is 423 g/mol. The van der Waals surface area contributed by atoms with Crippen LogP contribution in [-0.4, -0.2) is 29.4 Å². The summed E-state index contributed by atoms with van der Waals surface area (Å²) in [4.78, 5) is 29.6. The summed E-state index contributed by atoms with van der Waals surface area (Å²) in [6.45, 7) is 5.89. The van der Waals surface area contributed by atoms with Crippen molar-refractivity contribution in [3.8, 4) is 0 Å². The Morgan fingerprint density at radius 3 is 2.47 bits per heavy atom. The second-order valence-corrected chi connectivity index (χ2v) is 7.80. The van der Waals surface area contributed by atoms with Crippen molar-refractivity contribution < 1.29 is 14.3 Å². The molecule has 2 N–H and O–H groups in total. The normalized spacial score (nSPS) is 15.8. The summed E-state index contributed by atoms with van der Waals surface area (Å²) in [7, 11) is 0. The zero-order valence-corrected chi connectivity index (χ0v) is 18.1. The van der Waals surface area contributed by atoms with E-state index in [1.165, 1.54) is 11.8 Å². The molecule has 1 aliphatic heterocycles. The number of allylic oxidation sites excluding steroid dienone is 1. The van der Waals surface area contributed by atoms with Crippen LogP contribution in [0, 0.1) is 6.92 Å². The van der Waals surface area contributed by atoms with E-state index < -0.39 is 6.04 Å². The molecule has 156 valence electrons. The Morgan fingerprint density at radius 1 is 1.10 bits per heavy atom. The smallest absolute Gasteiger partial charge is 0.338 e. The van der Waals surface area contributed by atoms with Crippen molar-refractivity contribution in [3.05, 3.63) is 77.0 Å². The van der Waals surface area contributed by atoms with E-state index in [4.69, 9.17) is 9.73 Å². The lowest BCUT2D eigenvalue weighted by Gasteiger charge is -2.25. The van der Waals surface area contributed by atoms with Crippen molar-refractivity contribution in [1.82, 2.24) is 5.32 Å². The maximum Gasteiger partial charge on any atom is 0.338 e. The maximum absolute atomic E-state index is 12.5. The third-order valence-electron chi connectivity index (χ3n) is 4.50. The molecule has 6 nitrogen and oxygen atoms in total. The van der Waals surface area contributed by atoms with Crippen molar-refractivity contribution in [2.24, 2.45) is 4.99 Å². The van der Waals surface area contributed by atoms with Gasteiger partial charge >= 0.3 is 5.97 Å². The van der Waals surface area contributed by atoms with Gasteiger partial charge in [0.25, 0.3) is 0 Å². The first-order valence-corrected chi connectivity index (χ1v) is 10.7. The molecule has 0 saturated carbocycles. The van der Waals surface area contributed by atoms with Crippen LogP contribution in [0.5, 0.6) is 0 Å². The Morgan fingerprint density at radius 2 is 1.80 bits per heavy atom. The number of anilines is 1. The molecule has 3 rings (SSSR count). The summed E-state index contributed by atoms with van der Waals surface area (Å²) in [6, 6.07) is 16.8. The molecule has 0 spiro atoms. The molecule has 1 atom stereocenters. The van der Waals surface area contributed by atoms with E-state index in [2.05, 4.69) is 10.6 Å². The van der Waals surface area contributed by atoms with Crippen molar-refractivity contribution >= 4 is 34.5 Å². The Kier molecular flexibility index (Phi) is 7.30. The van der Waals surface area contributed by atoms with E-state index in [0.717, 1.165) is 16.8 Å². The van der Waals surface area contributed by atoms with E-state index in [0.29, 0.717) is 23.0 Å². The molecule has 1 amide bonds. The number of esters is 1. The average molecular weight is 424 g/mol. The SMILES string of the molecule is CCOC(=O)C1=C(C)NC(SCC(=O)Nc2ccc(C)cc2)=N[C@H]1c1ccccc1. The molecule has 30 heavy (non-hydrogen) atoms. The number of amidine groups is 1. The number of hydrogen-bond acceptors (Lipinski definition) is 6. The molecule has 0 bridgehead atoms. The number of thioether (sulfide) groups is 1. The number of rotatable bonds is 6. The fourth-order valence-electron chi connectivity index (χ4n) is 3.04. The Labute approximate surface area is 180 Å². The van der Waals surface area contributed by atoms with Gasteiger partial charge in [-0.2, -0.15) is 0 Å². The van der Waals surface area contributed by atoms with Gasteiger partial charge in [-0.3, -0.25) is 4.79 Å². The minimum Gasteiger partial charge on any atom is -0.463 e. The molecular formula is C23H25N3O3S.